The first kappa shape index (κ1) is 25.0. The van der Waals surface area contributed by atoms with Gasteiger partial charge in [-0.25, -0.2) is 4.39 Å². The van der Waals surface area contributed by atoms with Gasteiger partial charge in [-0.1, -0.05) is 43.3 Å². The van der Waals surface area contributed by atoms with Gasteiger partial charge in [0.2, 0.25) is 0 Å². The van der Waals surface area contributed by atoms with Gasteiger partial charge in [-0.15, -0.1) is 0 Å². The molecule has 0 fully saturated rings. The van der Waals surface area contributed by atoms with E-state index < -0.39 is 0 Å². The largest absolute Gasteiger partial charge is 0.486 e. The Hall–Kier alpha value is -2.60. The van der Waals surface area contributed by atoms with E-state index in [1.54, 1.807) is 17.8 Å². The lowest BCUT2D eigenvalue weighted by Crippen LogP contribution is -2.24. The predicted octanol–water partition coefficient (Wildman–Crippen LogP) is 6.44. The van der Waals surface area contributed by atoms with Gasteiger partial charge < -0.3 is 9.64 Å². The zero-order chi connectivity index (χ0) is 23.8. The second kappa shape index (κ2) is 12.0. The highest BCUT2D eigenvalue weighted by Crippen LogP contribution is 2.35. The predicted molar refractivity (Wildman–Crippen MR) is 136 cm³/mol. The van der Waals surface area contributed by atoms with E-state index in [0.29, 0.717) is 12.1 Å². The van der Waals surface area contributed by atoms with Crippen LogP contribution in [0.25, 0.3) is 0 Å². The molecule has 1 heterocycles. The fourth-order valence-electron chi connectivity index (χ4n) is 3.98. The van der Waals surface area contributed by atoms with Gasteiger partial charge >= 0.3 is 0 Å². The van der Waals surface area contributed by atoms with Crippen molar-refractivity contribution in [2.24, 2.45) is 4.99 Å². The Labute approximate surface area is 200 Å². The normalized spacial score (nSPS) is 14.0. The van der Waals surface area contributed by atoms with Crippen molar-refractivity contribution in [1.29, 1.82) is 0 Å². The van der Waals surface area contributed by atoms with Crippen LogP contribution in [0.15, 0.2) is 52.0 Å². The molecule has 1 aliphatic heterocycles. The lowest BCUT2D eigenvalue weighted by molar-refractivity contribution is -0.109. The third-order valence-electron chi connectivity index (χ3n) is 5.69. The van der Waals surface area contributed by atoms with Gasteiger partial charge in [-0.2, -0.15) is 0 Å². The van der Waals surface area contributed by atoms with Crippen molar-refractivity contribution in [2.75, 3.05) is 19.7 Å². The number of carbonyl (C=O) groups is 1. The average Bonchev–Trinajstić information content (AvgIpc) is 2.99. The van der Waals surface area contributed by atoms with Crippen LogP contribution in [-0.4, -0.2) is 35.9 Å². The zero-order valence-electron chi connectivity index (χ0n) is 20.0. The molecule has 4 nitrogen and oxygen atoms in total. The molecule has 0 saturated carbocycles. The number of hydrogen-bond donors (Lipinski definition) is 0. The van der Waals surface area contributed by atoms with Gasteiger partial charge in [0, 0.05) is 30.8 Å². The molecule has 2 aromatic rings. The van der Waals surface area contributed by atoms with Crippen LogP contribution in [0.1, 0.15) is 55.4 Å². The quantitative estimate of drug-likeness (QED) is 0.377. The van der Waals surface area contributed by atoms with Crippen LogP contribution in [0.4, 0.5) is 4.39 Å². The SMILES string of the molecule is CCCCN(Cc1ccccc1F)C1=C(C)CCN=C(c2cc(C)c(OCC=O)c(C)c2)S1. The molecule has 6 heteroatoms. The second-order valence-electron chi connectivity index (χ2n) is 8.41. The van der Waals surface area contributed by atoms with E-state index >= 15 is 0 Å². The van der Waals surface area contributed by atoms with Crippen LogP contribution < -0.4 is 4.74 Å². The van der Waals surface area contributed by atoms with E-state index in [1.165, 1.54) is 16.7 Å². The molecule has 0 aliphatic carbocycles. The number of aryl methyl sites for hydroxylation is 2. The van der Waals surface area contributed by atoms with Crippen LogP contribution in [0, 0.1) is 19.7 Å². The van der Waals surface area contributed by atoms with Crippen molar-refractivity contribution in [3.63, 3.8) is 0 Å². The first-order chi connectivity index (χ1) is 15.9. The molecular weight excluding hydrogens is 435 g/mol. The Morgan fingerprint density at radius 2 is 1.91 bits per heavy atom. The molecule has 2 aromatic carbocycles. The molecule has 3 rings (SSSR count). The fourth-order valence-corrected chi connectivity index (χ4v) is 5.12. The number of aliphatic imine (C=N–C) groups is 1. The zero-order valence-corrected chi connectivity index (χ0v) is 20.8. The van der Waals surface area contributed by atoms with E-state index in [0.717, 1.165) is 66.1 Å². The van der Waals surface area contributed by atoms with Gasteiger partial charge in [-0.3, -0.25) is 9.79 Å². The van der Waals surface area contributed by atoms with Crippen molar-refractivity contribution in [3.05, 3.63) is 75.1 Å². The van der Waals surface area contributed by atoms with Gasteiger partial charge in [0.05, 0.1) is 5.03 Å². The maximum atomic E-state index is 14.5. The van der Waals surface area contributed by atoms with Crippen LogP contribution in [0.2, 0.25) is 0 Å². The van der Waals surface area contributed by atoms with Crippen LogP contribution in [-0.2, 0) is 11.3 Å². The molecule has 0 bridgehead atoms. The van der Waals surface area contributed by atoms with Gasteiger partial charge in [0.1, 0.15) is 23.2 Å². The number of benzene rings is 2. The van der Waals surface area contributed by atoms with Crippen molar-refractivity contribution < 1.29 is 13.9 Å². The van der Waals surface area contributed by atoms with Crippen LogP contribution in [0.3, 0.4) is 0 Å². The molecule has 0 unspecified atom stereocenters. The van der Waals surface area contributed by atoms with Crippen molar-refractivity contribution >= 4 is 23.1 Å². The summed E-state index contributed by atoms with van der Waals surface area (Å²) in [5, 5.41) is 2.13. The van der Waals surface area contributed by atoms with E-state index in [9.17, 15) is 9.18 Å². The minimum Gasteiger partial charge on any atom is -0.486 e. The average molecular weight is 469 g/mol. The molecule has 1 aliphatic rings. The number of aldehydes is 1. The number of rotatable bonds is 10. The third-order valence-corrected chi connectivity index (χ3v) is 7.05. The molecule has 176 valence electrons. The first-order valence-corrected chi connectivity index (χ1v) is 12.3. The maximum Gasteiger partial charge on any atom is 0.157 e. The number of halogens is 1. The number of carbonyl (C=O) groups excluding carboxylic acids is 1. The van der Waals surface area contributed by atoms with Gasteiger partial charge in [0.25, 0.3) is 0 Å². The molecule has 0 N–H and O–H groups in total. The summed E-state index contributed by atoms with van der Waals surface area (Å²) in [6, 6.07) is 11.2. The third kappa shape index (κ3) is 6.47. The minimum absolute atomic E-state index is 0.0469. The lowest BCUT2D eigenvalue weighted by Gasteiger charge is -2.29. The molecule has 0 atom stereocenters. The monoisotopic (exact) mass is 468 g/mol. The maximum absolute atomic E-state index is 14.5. The van der Waals surface area contributed by atoms with Crippen LogP contribution >= 0.6 is 11.8 Å². The summed E-state index contributed by atoms with van der Waals surface area (Å²) in [4.78, 5) is 17.9. The molecular formula is C27H33FN2O2S. The summed E-state index contributed by atoms with van der Waals surface area (Å²) in [7, 11) is 0. The Balaban J connectivity index is 1.91. The standard InChI is InChI=1S/C27H33FN2O2S/c1-5-6-13-30(18-22-9-7-8-10-24(22)28)27-19(2)11-12-29-26(33-27)23-16-20(3)25(21(4)17-23)32-15-14-31/h7-10,14,16-17H,5-6,11-13,15,18H2,1-4H3. The van der Waals surface area contributed by atoms with Crippen molar-refractivity contribution in [2.45, 2.75) is 53.5 Å². The smallest absolute Gasteiger partial charge is 0.157 e. The number of hydrogen-bond acceptors (Lipinski definition) is 5. The Kier molecular flexibility index (Phi) is 9.12. The summed E-state index contributed by atoms with van der Waals surface area (Å²) in [5.41, 5.74) is 5.00. The first-order valence-electron chi connectivity index (χ1n) is 11.5. The summed E-state index contributed by atoms with van der Waals surface area (Å²) in [6.07, 6.45) is 3.76. The van der Waals surface area contributed by atoms with Gasteiger partial charge in [0.15, 0.2) is 6.29 Å². The van der Waals surface area contributed by atoms with Crippen molar-refractivity contribution in [1.82, 2.24) is 4.90 Å². The molecule has 0 amide bonds. The molecule has 33 heavy (non-hydrogen) atoms. The summed E-state index contributed by atoms with van der Waals surface area (Å²) < 4.78 is 20.1. The summed E-state index contributed by atoms with van der Waals surface area (Å²) >= 11 is 1.67. The van der Waals surface area contributed by atoms with Crippen molar-refractivity contribution in [3.8, 4) is 5.75 Å². The number of ether oxygens (including phenoxy) is 1. The molecule has 0 saturated heterocycles. The Bertz CT molecular complexity index is 1030. The minimum atomic E-state index is -0.165. The van der Waals surface area contributed by atoms with E-state index in [1.807, 2.05) is 26.0 Å². The van der Waals surface area contributed by atoms with E-state index in [4.69, 9.17) is 9.73 Å². The Morgan fingerprint density at radius 3 is 2.58 bits per heavy atom. The Morgan fingerprint density at radius 1 is 1.18 bits per heavy atom. The summed E-state index contributed by atoms with van der Waals surface area (Å²) in [6.45, 7) is 10.5. The number of thioether (sulfide) groups is 1. The highest BCUT2D eigenvalue weighted by molar-refractivity contribution is 8.17. The summed E-state index contributed by atoms with van der Waals surface area (Å²) in [5.74, 6) is 0.586. The topological polar surface area (TPSA) is 41.9 Å². The molecule has 0 aromatic heterocycles. The number of nitrogens with zero attached hydrogens (tertiary/aromatic N) is 2. The van der Waals surface area contributed by atoms with Crippen LogP contribution in [0.5, 0.6) is 5.75 Å². The van der Waals surface area contributed by atoms with Gasteiger partial charge in [-0.05, 0) is 68.5 Å². The van der Waals surface area contributed by atoms with E-state index in [-0.39, 0.29) is 12.4 Å². The second-order valence-corrected chi connectivity index (χ2v) is 9.39. The fraction of sp³-hybridized carbons (Fsp3) is 0.407. The molecule has 0 radical (unpaired) electrons. The molecule has 0 spiro atoms. The van der Waals surface area contributed by atoms with E-state index in [2.05, 4.69) is 30.9 Å². The highest BCUT2D eigenvalue weighted by Gasteiger charge is 2.22. The number of unbranched alkanes of at least 4 members (excludes halogenated alkanes) is 1. The highest BCUT2D eigenvalue weighted by atomic mass is 32.2. The lowest BCUT2D eigenvalue weighted by atomic mass is 10.1.